The average molecular weight is 244 g/mol. The lowest BCUT2D eigenvalue weighted by atomic mass is 10.1. The van der Waals surface area contributed by atoms with Crippen LogP contribution in [0.15, 0.2) is 48.2 Å². The van der Waals surface area contributed by atoms with Gasteiger partial charge in [0, 0.05) is 0 Å². The molecule has 1 aromatic rings. The molecule has 1 aromatic carbocycles. The average Bonchev–Trinajstić information content (AvgIpc) is 2.70. The zero-order valence-electron chi connectivity index (χ0n) is 11.1. The van der Waals surface area contributed by atoms with Crippen LogP contribution in [0.25, 0.3) is 0 Å². The van der Waals surface area contributed by atoms with Crippen molar-refractivity contribution in [3.63, 3.8) is 0 Å². The Kier molecular flexibility index (Phi) is 4.38. The van der Waals surface area contributed by atoms with Gasteiger partial charge in [-0.15, -0.1) is 5.73 Å². The molecule has 96 valence electrons. The third-order valence-corrected chi connectivity index (χ3v) is 2.85. The van der Waals surface area contributed by atoms with Gasteiger partial charge < -0.3 is 9.47 Å². The minimum absolute atomic E-state index is 0.0352. The molecule has 1 heterocycles. The molecule has 0 radical (unpaired) electrons. The van der Waals surface area contributed by atoms with Gasteiger partial charge in [-0.25, -0.2) is 0 Å². The first kappa shape index (κ1) is 13.1. The van der Waals surface area contributed by atoms with Crippen molar-refractivity contribution in [3.8, 4) is 0 Å². The van der Waals surface area contributed by atoms with E-state index in [9.17, 15) is 0 Å². The summed E-state index contributed by atoms with van der Waals surface area (Å²) in [6.07, 6.45) is 6.08. The Morgan fingerprint density at radius 1 is 1.33 bits per heavy atom. The Morgan fingerprint density at radius 3 is 2.78 bits per heavy atom. The molecule has 0 N–H and O–H groups in total. The van der Waals surface area contributed by atoms with Crippen LogP contribution in [-0.4, -0.2) is 18.5 Å². The molecule has 0 unspecified atom stereocenters. The SMILES string of the molecule is CC1(C)OC[C@H](C=C=CCCc2ccccc2)O1. The molecule has 0 aliphatic carbocycles. The highest BCUT2D eigenvalue weighted by Crippen LogP contribution is 2.22. The van der Waals surface area contributed by atoms with Crippen LogP contribution in [0, 0.1) is 0 Å². The van der Waals surface area contributed by atoms with Gasteiger partial charge in [0.2, 0.25) is 0 Å². The van der Waals surface area contributed by atoms with Crippen molar-refractivity contribution in [1.82, 2.24) is 0 Å². The zero-order valence-corrected chi connectivity index (χ0v) is 11.1. The fourth-order valence-electron chi connectivity index (χ4n) is 1.94. The first-order valence-corrected chi connectivity index (χ1v) is 6.42. The summed E-state index contributed by atoms with van der Waals surface area (Å²) in [4.78, 5) is 0. The summed E-state index contributed by atoms with van der Waals surface area (Å²) in [6.45, 7) is 4.48. The van der Waals surface area contributed by atoms with Crippen molar-refractivity contribution in [2.75, 3.05) is 6.61 Å². The molecule has 1 fully saturated rings. The lowest BCUT2D eigenvalue weighted by Gasteiger charge is -2.15. The van der Waals surface area contributed by atoms with E-state index in [0.29, 0.717) is 6.61 Å². The quantitative estimate of drug-likeness (QED) is 0.755. The molecular formula is C16H20O2. The first-order chi connectivity index (χ1) is 8.66. The van der Waals surface area contributed by atoms with E-state index in [0.717, 1.165) is 12.8 Å². The van der Waals surface area contributed by atoms with Gasteiger partial charge in [-0.1, -0.05) is 30.3 Å². The minimum atomic E-state index is -0.452. The van der Waals surface area contributed by atoms with Crippen LogP contribution in [0.4, 0.5) is 0 Å². The van der Waals surface area contributed by atoms with Gasteiger partial charge in [0.15, 0.2) is 5.79 Å². The maximum absolute atomic E-state index is 5.65. The summed E-state index contributed by atoms with van der Waals surface area (Å²) in [7, 11) is 0. The van der Waals surface area contributed by atoms with E-state index in [1.807, 2.05) is 26.0 Å². The van der Waals surface area contributed by atoms with Gasteiger partial charge in [-0.05, 0) is 44.4 Å². The van der Waals surface area contributed by atoms with Crippen LogP contribution in [0.1, 0.15) is 25.8 Å². The van der Waals surface area contributed by atoms with E-state index in [4.69, 9.17) is 9.47 Å². The molecule has 2 rings (SSSR count). The number of ether oxygens (including phenoxy) is 2. The van der Waals surface area contributed by atoms with Crippen molar-refractivity contribution in [3.05, 3.63) is 53.8 Å². The Bertz CT molecular complexity index is 428. The summed E-state index contributed by atoms with van der Waals surface area (Å²) in [5, 5.41) is 0. The van der Waals surface area contributed by atoms with Crippen molar-refractivity contribution in [2.24, 2.45) is 0 Å². The Balaban J connectivity index is 1.75. The molecule has 2 heteroatoms. The molecule has 0 spiro atoms. The topological polar surface area (TPSA) is 18.5 Å². The Morgan fingerprint density at radius 2 is 2.11 bits per heavy atom. The summed E-state index contributed by atoms with van der Waals surface area (Å²) in [5.41, 5.74) is 4.54. The van der Waals surface area contributed by atoms with Gasteiger partial charge in [-0.2, -0.15) is 0 Å². The van der Waals surface area contributed by atoms with Crippen LogP contribution in [0.2, 0.25) is 0 Å². The largest absolute Gasteiger partial charge is 0.347 e. The molecule has 1 aliphatic heterocycles. The van der Waals surface area contributed by atoms with Crippen molar-refractivity contribution in [1.29, 1.82) is 0 Å². The molecule has 1 aliphatic rings. The van der Waals surface area contributed by atoms with Crippen LogP contribution in [0.5, 0.6) is 0 Å². The van der Waals surface area contributed by atoms with Gasteiger partial charge in [0.25, 0.3) is 0 Å². The standard InChI is InChI=1S/C16H20O2/c1-16(2)17-13-15(18-16)12-8-4-7-11-14-9-5-3-6-10-14/h3-6,9-10,12,15H,7,11,13H2,1-2H3/t8?,15-/m0/s1. The summed E-state index contributed by atoms with van der Waals surface area (Å²) in [5.74, 6) is -0.452. The predicted molar refractivity (Wildman–Crippen MR) is 72.3 cm³/mol. The maximum Gasteiger partial charge on any atom is 0.163 e. The van der Waals surface area contributed by atoms with Crippen LogP contribution in [0.3, 0.4) is 0 Å². The second-order valence-corrected chi connectivity index (χ2v) is 4.93. The number of rotatable bonds is 4. The normalized spacial score (nSPS) is 21.3. The molecule has 0 aromatic heterocycles. The predicted octanol–water partition coefficient (Wildman–Crippen LogP) is 3.48. The van der Waals surface area contributed by atoms with E-state index in [-0.39, 0.29) is 6.10 Å². The molecule has 0 bridgehead atoms. The molecule has 1 saturated heterocycles. The van der Waals surface area contributed by atoms with Gasteiger partial charge in [0.05, 0.1) is 6.61 Å². The highest BCUT2D eigenvalue weighted by Gasteiger charge is 2.30. The fraction of sp³-hybridized carbons (Fsp3) is 0.438. The third kappa shape index (κ3) is 4.15. The number of benzene rings is 1. The number of hydrogen-bond donors (Lipinski definition) is 0. The van der Waals surface area contributed by atoms with E-state index < -0.39 is 5.79 Å². The Hall–Kier alpha value is -1.34. The Labute approximate surface area is 109 Å². The molecule has 0 amide bonds. The molecule has 1 atom stereocenters. The number of hydrogen-bond acceptors (Lipinski definition) is 2. The third-order valence-electron chi connectivity index (χ3n) is 2.85. The first-order valence-electron chi connectivity index (χ1n) is 6.42. The minimum Gasteiger partial charge on any atom is -0.347 e. The lowest BCUT2D eigenvalue weighted by Crippen LogP contribution is -2.20. The molecule has 0 saturated carbocycles. The van der Waals surface area contributed by atoms with Gasteiger partial charge >= 0.3 is 0 Å². The molecule has 2 nitrogen and oxygen atoms in total. The number of aryl methyl sites for hydroxylation is 1. The molecule has 18 heavy (non-hydrogen) atoms. The van der Waals surface area contributed by atoms with E-state index in [2.05, 4.69) is 36.1 Å². The van der Waals surface area contributed by atoms with Crippen LogP contribution >= 0.6 is 0 Å². The fourth-order valence-corrected chi connectivity index (χ4v) is 1.94. The second-order valence-electron chi connectivity index (χ2n) is 4.93. The highest BCUT2D eigenvalue weighted by molar-refractivity contribution is 5.15. The lowest BCUT2D eigenvalue weighted by molar-refractivity contribution is -0.133. The zero-order chi connectivity index (χ0) is 12.8. The van der Waals surface area contributed by atoms with Crippen molar-refractivity contribution in [2.45, 2.75) is 38.6 Å². The van der Waals surface area contributed by atoms with E-state index in [1.165, 1.54) is 5.56 Å². The van der Waals surface area contributed by atoms with Gasteiger partial charge in [0.1, 0.15) is 6.10 Å². The van der Waals surface area contributed by atoms with Crippen LogP contribution in [-0.2, 0) is 15.9 Å². The van der Waals surface area contributed by atoms with Gasteiger partial charge in [-0.3, -0.25) is 0 Å². The monoisotopic (exact) mass is 244 g/mol. The maximum atomic E-state index is 5.65. The highest BCUT2D eigenvalue weighted by atomic mass is 16.7. The van der Waals surface area contributed by atoms with Crippen molar-refractivity contribution >= 4 is 0 Å². The summed E-state index contributed by atoms with van der Waals surface area (Å²) in [6, 6.07) is 10.5. The second kappa shape index (κ2) is 6.01. The van der Waals surface area contributed by atoms with E-state index in [1.54, 1.807) is 0 Å². The summed E-state index contributed by atoms with van der Waals surface area (Å²) >= 11 is 0. The summed E-state index contributed by atoms with van der Waals surface area (Å²) < 4.78 is 11.1. The molecular weight excluding hydrogens is 224 g/mol. The van der Waals surface area contributed by atoms with E-state index >= 15 is 0 Å². The van der Waals surface area contributed by atoms with Crippen molar-refractivity contribution < 1.29 is 9.47 Å². The smallest absolute Gasteiger partial charge is 0.163 e. The van der Waals surface area contributed by atoms with Crippen LogP contribution < -0.4 is 0 Å².